The first kappa shape index (κ1) is 24.7. The summed E-state index contributed by atoms with van der Waals surface area (Å²) in [4.78, 5) is 21.4. The van der Waals surface area contributed by atoms with Gasteiger partial charge in [-0.25, -0.2) is 4.98 Å². The number of ether oxygens (including phenoxy) is 2. The highest BCUT2D eigenvalue weighted by Gasteiger charge is 2.26. The molecule has 9 heteroatoms. The Hall–Kier alpha value is -4.40. The number of hydrogen-bond donors (Lipinski definition) is 2. The van der Waals surface area contributed by atoms with Crippen molar-refractivity contribution in [3.63, 3.8) is 0 Å². The molecule has 1 unspecified atom stereocenters. The molecule has 2 aromatic carbocycles. The Kier molecular flexibility index (Phi) is 7.19. The van der Waals surface area contributed by atoms with Crippen LogP contribution in [-0.4, -0.2) is 41.2 Å². The molecule has 0 aliphatic carbocycles. The zero-order valence-corrected chi connectivity index (χ0v) is 20.8. The van der Waals surface area contributed by atoms with Crippen LogP contribution in [0.15, 0.2) is 60.0 Å². The molecule has 4 N–H and O–H groups in total. The lowest BCUT2D eigenvalue weighted by Crippen LogP contribution is -2.27. The lowest BCUT2D eigenvalue weighted by molar-refractivity contribution is 0.104. The van der Waals surface area contributed by atoms with Crippen molar-refractivity contribution >= 4 is 23.8 Å². The van der Waals surface area contributed by atoms with E-state index < -0.39 is 0 Å². The van der Waals surface area contributed by atoms with Gasteiger partial charge in [0.05, 0.1) is 32.0 Å². The van der Waals surface area contributed by atoms with Crippen LogP contribution in [-0.2, 0) is 6.42 Å². The van der Waals surface area contributed by atoms with Crippen molar-refractivity contribution in [3.8, 4) is 11.5 Å². The van der Waals surface area contributed by atoms with Gasteiger partial charge in [-0.1, -0.05) is 38.1 Å². The number of allylic oxidation sites excluding steroid dienone is 1. The standard InChI is InChI=1S/C27H30N6O3/c1-16(2)24-20-8-6-5-7-18(20)15-31-33(24)10-9-22(34)21-12-17(13-23(35-3)25(21)36-4)11-19-14-30-27(29)32-26(19)28/h5-10,12-16,24H,11H2,1-4H3,(H4,28,29,30,32)/b10-9+. The number of rotatable bonds is 8. The van der Waals surface area contributed by atoms with Gasteiger partial charge in [0.25, 0.3) is 0 Å². The van der Waals surface area contributed by atoms with Crippen molar-refractivity contribution in [1.29, 1.82) is 0 Å². The number of aromatic nitrogens is 2. The molecule has 0 bridgehead atoms. The lowest BCUT2D eigenvalue weighted by atomic mass is 9.91. The van der Waals surface area contributed by atoms with E-state index in [4.69, 9.17) is 20.9 Å². The van der Waals surface area contributed by atoms with Crippen molar-refractivity contribution in [2.45, 2.75) is 26.3 Å². The highest BCUT2D eigenvalue weighted by atomic mass is 16.5. The average Bonchev–Trinajstić information content (AvgIpc) is 2.87. The van der Waals surface area contributed by atoms with Gasteiger partial charge in [0.1, 0.15) is 5.82 Å². The normalized spacial score (nSPS) is 14.8. The number of ketones is 1. The van der Waals surface area contributed by atoms with Crippen molar-refractivity contribution in [1.82, 2.24) is 15.0 Å². The van der Waals surface area contributed by atoms with Crippen molar-refractivity contribution < 1.29 is 14.3 Å². The second kappa shape index (κ2) is 10.5. The third kappa shape index (κ3) is 5.00. The minimum atomic E-state index is -0.245. The zero-order chi connectivity index (χ0) is 25.8. The van der Waals surface area contributed by atoms with Gasteiger partial charge >= 0.3 is 0 Å². The summed E-state index contributed by atoms with van der Waals surface area (Å²) < 4.78 is 11.1. The fourth-order valence-electron chi connectivity index (χ4n) is 4.37. The first-order valence-corrected chi connectivity index (χ1v) is 11.6. The molecule has 0 radical (unpaired) electrons. The summed E-state index contributed by atoms with van der Waals surface area (Å²) in [6.45, 7) is 4.27. The molecule has 1 aliphatic rings. The maximum atomic E-state index is 13.4. The Morgan fingerprint density at radius 3 is 2.64 bits per heavy atom. The molecule has 0 spiro atoms. The number of nitrogens with zero attached hydrogens (tertiary/aromatic N) is 4. The number of carbonyl (C=O) groups is 1. The van der Waals surface area contributed by atoms with E-state index in [9.17, 15) is 4.79 Å². The second-order valence-corrected chi connectivity index (χ2v) is 8.82. The molecule has 0 amide bonds. The van der Waals surface area contributed by atoms with E-state index in [2.05, 4.69) is 35.0 Å². The molecule has 1 aromatic heterocycles. The van der Waals surface area contributed by atoms with E-state index in [-0.39, 0.29) is 29.5 Å². The van der Waals surface area contributed by atoms with Crippen LogP contribution in [0.25, 0.3) is 0 Å². The lowest BCUT2D eigenvalue weighted by Gasteiger charge is -2.33. The van der Waals surface area contributed by atoms with Crippen LogP contribution in [0.4, 0.5) is 11.8 Å². The van der Waals surface area contributed by atoms with Crippen LogP contribution >= 0.6 is 0 Å². The average molecular weight is 487 g/mol. The van der Waals surface area contributed by atoms with E-state index in [0.29, 0.717) is 29.0 Å². The third-order valence-corrected chi connectivity index (χ3v) is 6.06. The molecule has 9 nitrogen and oxygen atoms in total. The summed E-state index contributed by atoms with van der Waals surface area (Å²) in [5, 5.41) is 6.41. The number of fused-ring (bicyclic) bond motifs is 1. The van der Waals surface area contributed by atoms with Crippen LogP contribution in [0.5, 0.6) is 11.5 Å². The van der Waals surface area contributed by atoms with Crippen molar-refractivity contribution in [3.05, 3.63) is 82.7 Å². The Bertz CT molecular complexity index is 1340. The molecule has 186 valence electrons. The monoisotopic (exact) mass is 486 g/mol. The molecule has 1 atom stereocenters. The Labute approximate surface area is 210 Å². The number of hydrogen-bond acceptors (Lipinski definition) is 9. The van der Waals surface area contributed by atoms with Gasteiger partial charge in [0.2, 0.25) is 5.95 Å². The van der Waals surface area contributed by atoms with Crippen LogP contribution in [0.3, 0.4) is 0 Å². The van der Waals surface area contributed by atoms with Gasteiger partial charge in [-0.05, 0) is 34.7 Å². The number of hydrazone groups is 1. The summed E-state index contributed by atoms with van der Waals surface area (Å²) in [6, 6.07) is 11.7. The number of anilines is 2. The molecule has 3 aromatic rings. The summed E-state index contributed by atoms with van der Waals surface area (Å²) in [5.41, 5.74) is 15.7. The molecule has 0 saturated heterocycles. The molecular weight excluding hydrogens is 456 g/mol. The number of methoxy groups -OCH3 is 2. The number of benzene rings is 2. The Morgan fingerprint density at radius 1 is 1.17 bits per heavy atom. The Morgan fingerprint density at radius 2 is 1.94 bits per heavy atom. The highest BCUT2D eigenvalue weighted by Crippen LogP contribution is 2.36. The quantitative estimate of drug-likeness (QED) is 0.361. The molecule has 0 fully saturated rings. The van der Waals surface area contributed by atoms with Gasteiger partial charge in [-0.15, -0.1) is 0 Å². The first-order valence-electron chi connectivity index (χ1n) is 11.6. The van der Waals surface area contributed by atoms with Crippen LogP contribution in [0.1, 0.15) is 52.5 Å². The number of carbonyl (C=O) groups excluding carboxylic acids is 1. The van der Waals surface area contributed by atoms with Crippen molar-refractivity contribution in [2.24, 2.45) is 11.0 Å². The maximum Gasteiger partial charge on any atom is 0.221 e. The van der Waals surface area contributed by atoms with Gasteiger partial charge in [0, 0.05) is 30.5 Å². The predicted molar refractivity (Wildman–Crippen MR) is 140 cm³/mol. The zero-order valence-electron chi connectivity index (χ0n) is 20.8. The van der Waals surface area contributed by atoms with E-state index >= 15 is 0 Å². The molecule has 0 saturated carbocycles. The van der Waals surface area contributed by atoms with Gasteiger partial charge in [-0.3, -0.25) is 9.80 Å². The minimum Gasteiger partial charge on any atom is -0.493 e. The molecule has 36 heavy (non-hydrogen) atoms. The fraction of sp³-hybridized carbons (Fsp3) is 0.259. The van der Waals surface area contributed by atoms with E-state index in [1.54, 1.807) is 24.5 Å². The van der Waals surface area contributed by atoms with E-state index in [0.717, 1.165) is 11.1 Å². The minimum absolute atomic E-state index is 0.00603. The third-order valence-electron chi connectivity index (χ3n) is 6.06. The van der Waals surface area contributed by atoms with Crippen LogP contribution < -0.4 is 20.9 Å². The van der Waals surface area contributed by atoms with E-state index in [1.165, 1.54) is 25.9 Å². The summed E-state index contributed by atoms with van der Waals surface area (Å²) in [7, 11) is 3.03. The maximum absolute atomic E-state index is 13.4. The number of nitrogens with two attached hydrogens (primary N) is 2. The largest absolute Gasteiger partial charge is 0.493 e. The summed E-state index contributed by atoms with van der Waals surface area (Å²) >= 11 is 0. The SMILES string of the molecule is COc1cc(Cc2cnc(N)nc2N)cc(C(=O)/C=C/N2N=Cc3ccccc3C2C(C)C)c1OC. The highest BCUT2D eigenvalue weighted by molar-refractivity contribution is 6.07. The Balaban J connectivity index is 1.66. The molecule has 4 rings (SSSR count). The molecule has 2 heterocycles. The van der Waals surface area contributed by atoms with Crippen molar-refractivity contribution in [2.75, 3.05) is 25.7 Å². The second-order valence-electron chi connectivity index (χ2n) is 8.82. The molecule has 1 aliphatic heterocycles. The summed E-state index contributed by atoms with van der Waals surface area (Å²) in [5.74, 6) is 1.20. The predicted octanol–water partition coefficient (Wildman–Crippen LogP) is 3.99. The smallest absolute Gasteiger partial charge is 0.221 e. The van der Waals surface area contributed by atoms with Gasteiger partial charge < -0.3 is 20.9 Å². The fourth-order valence-corrected chi connectivity index (χ4v) is 4.37. The number of nitrogen functional groups attached to an aromatic ring is 2. The van der Waals surface area contributed by atoms with Gasteiger partial charge in [-0.2, -0.15) is 10.1 Å². The molecular formula is C27H30N6O3. The van der Waals surface area contributed by atoms with Crippen LogP contribution in [0.2, 0.25) is 0 Å². The van der Waals surface area contributed by atoms with Crippen LogP contribution in [0, 0.1) is 5.92 Å². The first-order chi connectivity index (χ1) is 17.3. The van der Waals surface area contributed by atoms with E-state index in [1.807, 2.05) is 29.4 Å². The van der Waals surface area contributed by atoms with Gasteiger partial charge in [0.15, 0.2) is 17.3 Å². The topological polar surface area (TPSA) is 129 Å². The summed E-state index contributed by atoms with van der Waals surface area (Å²) in [6.07, 6.45) is 6.99.